The summed E-state index contributed by atoms with van der Waals surface area (Å²) in [5, 5.41) is 14.0. The molecule has 0 saturated carbocycles. The molecule has 1 aromatic rings. The molecule has 2 atom stereocenters. The standard InChI is InChI=1S/C55H103N3O6/c1-5-8-11-14-17-18-20-26-35-49(4)48-63-53(60)39-30-25-34-45-58(47-51(59)36-31-32-42-57-55(62)50-41-43-56-46-50)44-33-24-19-23-29-40-54(61)64-52(37-27-21-15-12-9-6-2)38-28-22-16-13-10-7-3/h41,43,46,49,51-52,56,59H,5-40,42,44-45,47-48H2,1-4H3,(H,57,62). The number of ether oxygens (including phenoxy) is 2. The summed E-state index contributed by atoms with van der Waals surface area (Å²) in [4.78, 5) is 42.9. The van der Waals surface area contributed by atoms with Crippen molar-refractivity contribution in [2.24, 2.45) is 5.92 Å². The van der Waals surface area contributed by atoms with Gasteiger partial charge < -0.3 is 29.8 Å². The van der Waals surface area contributed by atoms with Gasteiger partial charge in [0, 0.05) is 38.3 Å². The SMILES string of the molecule is CCCCCCCCCCC(C)COC(=O)CCCCCN(CCCCCCCC(=O)OC(CCCCCCCC)CCCCCCCC)CC(O)CCCCNC(=O)c1cc[nH]c1. The molecule has 1 aromatic heterocycles. The number of nitrogens with zero attached hydrogens (tertiary/aromatic N) is 1. The van der Waals surface area contributed by atoms with E-state index < -0.39 is 6.10 Å². The van der Waals surface area contributed by atoms with E-state index in [2.05, 4.69) is 42.9 Å². The van der Waals surface area contributed by atoms with Crippen molar-refractivity contribution >= 4 is 17.8 Å². The minimum atomic E-state index is -0.417. The number of unbranched alkanes of at least 4 members (excludes halogenated alkanes) is 24. The largest absolute Gasteiger partial charge is 0.465 e. The zero-order valence-corrected chi connectivity index (χ0v) is 42.4. The molecule has 9 nitrogen and oxygen atoms in total. The lowest BCUT2D eigenvalue weighted by molar-refractivity contribution is -0.150. The molecule has 64 heavy (non-hydrogen) atoms. The van der Waals surface area contributed by atoms with Gasteiger partial charge in [0.25, 0.3) is 5.91 Å². The van der Waals surface area contributed by atoms with Crippen LogP contribution in [0, 0.1) is 5.92 Å². The second-order valence-corrected chi connectivity index (χ2v) is 19.4. The van der Waals surface area contributed by atoms with E-state index in [9.17, 15) is 19.5 Å². The number of aliphatic hydroxyl groups is 1. The number of aliphatic hydroxyl groups excluding tert-OH is 1. The van der Waals surface area contributed by atoms with E-state index in [0.717, 1.165) is 109 Å². The van der Waals surface area contributed by atoms with E-state index in [1.807, 2.05) is 0 Å². The molecule has 0 aliphatic heterocycles. The lowest BCUT2D eigenvalue weighted by atomic mass is 10.0. The third kappa shape index (κ3) is 37.8. The number of carbonyl (C=O) groups is 3. The van der Waals surface area contributed by atoms with E-state index in [-0.39, 0.29) is 23.9 Å². The number of H-pyrrole nitrogens is 1. The second kappa shape index (κ2) is 44.4. The number of amides is 1. The fourth-order valence-electron chi connectivity index (χ4n) is 8.70. The Morgan fingerprint density at radius 1 is 0.594 bits per heavy atom. The number of rotatable bonds is 48. The number of aromatic amines is 1. The molecule has 0 aliphatic rings. The highest BCUT2D eigenvalue weighted by Gasteiger charge is 2.16. The van der Waals surface area contributed by atoms with Crippen molar-refractivity contribution in [3.8, 4) is 0 Å². The van der Waals surface area contributed by atoms with Crippen LogP contribution < -0.4 is 5.32 Å². The van der Waals surface area contributed by atoms with Gasteiger partial charge in [-0.05, 0) is 102 Å². The normalized spacial score (nSPS) is 12.5. The van der Waals surface area contributed by atoms with Crippen LogP contribution >= 0.6 is 0 Å². The fourth-order valence-corrected chi connectivity index (χ4v) is 8.70. The molecule has 0 aromatic carbocycles. The molecule has 0 saturated heterocycles. The smallest absolute Gasteiger partial charge is 0.306 e. The van der Waals surface area contributed by atoms with Gasteiger partial charge in [-0.15, -0.1) is 0 Å². The molecular formula is C55H103N3O6. The van der Waals surface area contributed by atoms with Gasteiger partial charge >= 0.3 is 11.9 Å². The van der Waals surface area contributed by atoms with Crippen molar-refractivity contribution < 1.29 is 29.0 Å². The summed E-state index contributed by atoms with van der Waals surface area (Å²) in [7, 11) is 0. The molecule has 0 fully saturated rings. The van der Waals surface area contributed by atoms with Gasteiger partial charge in [0.15, 0.2) is 0 Å². The monoisotopic (exact) mass is 902 g/mol. The Hall–Kier alpha value is -2.39. The van der Waals surface area contributed by atoms with E-state index >= 15 is 0 Å². The fraction of sp³-hybridized carbons (Fsp3) is 0.873. The topological polar surface area (TPSA) is 121 Å². The maximum atomic E-state index is 12.9. The summed E-state index contributed by atoms with van der Waals surface area (Å²) < 4.78 is 11.7. The first-order chi connectivity index (χ1) is 31.3. The van der Waals surface area contributed by atoms with Crippen LogP contribution in [0.2, 0.25) is 0 Å². The highest BCUT2D eigenvalue weighted by molar-refractivity contribution is 5.93. The third-order valence-electron chi connectivity index (χ3n) is 12.9. The molecule has 0 aliphatic carbocycles. The number of hydrogen-bond acceptors (Lipinski definition) is 7. The summed E-state index contributed by atoms with van der Waals surface area (Å²) in [6.45, 7) is 12.6. The van der Waals surface area contributed by atoms with Crippen molar-refractivity contribution in [3.05, 3.63) is 24.0 Å². The predicted molar refractivity (Wildman–Crippen MR) is 269 cm³/mol. The summed E-state index contributed by atoms with van der Waals surface area (Å²) in [6, 6.07) is 1.76. The van der Waals surface area contributed by atoms with Crippen LogP contribution in [0.4, 0.5) is 0 Å². The zero-order chi connectivity index (χ0) is 46.6. The van der Waals surface area contributed by atoms with Gasteiger partial charge in [-0.25, -0.2) is 0 Å². The molecule has 0 spiro atoms. The zero-order valence-electron chi connectivity index (χ0n) is 42.4. The van der Waals surface area contributed by atoms with E-state index in [0.29, 0.717) is 50.4 Å². The maximum Gasteiger partial charge on any atom is 0.306 e. The Morgan fingerprint density at radius 3 is 1.61 bits per heavy atom. The molecule has 374 valence electrons. The second-order valence-electron chi connectivity index (χ2n) is 19.4. The number of aromatic nitrogens is 1. The Balaban J connectivity index is 2.42. The van der Waals surface area contributed by atoms with Crippen LogP contribution in [0.1, 0.15) is 269 Å². The molecule has 0 bridgehead atoms. The average molecular weight is 902 g/mol. The first-order valence-electron chi connectivity index (χ1n) is 27.4. The highest BCUT2D eigenvalue weighted by atomic mass is 16.5. The van der Waals surface area contributed by atoms with Gasteiger partial charge in [0.2, 0.25) is 0 Å². The highest BCUT2D eigenvalue weighted by Crippen LogP contribution is 2.19. The van der Waals surface area contributed by atoms with Crippen molar-refractivity contribution in [1.29, 1.82) is 0 Å². The molecular weight excluding hydrogens is 799 g/mol. The summed E-state index contributed by atoms with van der Waals surface area (Å²) in [5.41, 5.74) is 0.635. The van der Waals surface area contributed by atoms with Gasteiger partial charge in [-0.1, -0.05) is 169 Å². The molecule has 2 unspecified atom stereocenters. The lowest BCUT2D eigenvalue weighted by Crippen LogP contribution is -2.34. The molecule has 1 amide bonds. The first kappa shape index (κ1) is 59.6. The van der Waals surface area contributed by atoms with E-state index in [1.165, 1.54) is 116 Å². The van der Waals surface area contributed by atoms with Crippen LogP contribution in [0.5, 0.6) is 0 Å². The summed E-state index contributed by atoms with van der Waals surface area (Å²) in [6.07, 6.45) is 43.3. The lowest BCUT2D eigenvalue weighted by Gasteiger charge is -2.25. The van der Waals surface area contributed by atoms with Gasteiger partial charge in [-0.3, -0.25) is 14.4 Å². The first-order valence-corrected chi connectivity index (χ1v) is 27.4. The minimum Gasteiger partial charge on any atom is -0.465 e. The van der Waals surface area contributed by atoms with Crippen molar-refractivity contribution in [3.63, 3.8) is 0 Å². The predicted octanol–water partition coefficient (Wildman–Crippen LogP) is 14.6. The average Bonchev–Trinajstić information content (AvgIpc) is 3.84. The molecule has 1 rings (SSSR count). The van der Waals surface area contributed by atoms with Crippen molar-refractivity contribution in [1.82, 2.24) is 15.2 Å². The van der Waals surface area contributed by atoms with E-state index in [4.69, 9.17) is 9.47 Å². The van der Waals surface area contributed by atoms with Crippen LogP contribution in [-0.2, 0) is 19.1 Å². The van der Waals surface area contributed by atoms with Gasteiger partial charge in [0.1, 0.15) is 6.10 Å². The van der Waals surface area contributed by atoms with Crippen LogP contribution in [0.3, 0.4) is 0 Å². The van der Waals surface area contributed by atoms with E-state index in [1.54, 1.807) is 18.5 Å². The van der Waals surface area contributed by atoms with Crippen molar-refractivity contribution in [2.45, 2.75) is 271 Å². The number of esters is 2. The van der Waals surface area contributed by atoms with Crippen LogP contribution in [0.15, 0.2) is 18.5 Å². The van der Waals surface area contributed by atoms with Crippen molar-refractivity contribution in [2.75, 3.05) is 32.8 Å². The van der Waals surface area contributed by atoms with Crippen LogP contribution in [0.25, 0.3) is 0 Å². The number of carbonyl (C=O) groups excluding carboxylic acids is 3. The summed E-state index contributed by atoms with van der Waals surface area (Å²) >= 11 is 0. The number of nitrogens with one attached hydrogen (secondary N) is 2. The minimum absolute atomic E-state index is 0.0120. The Labute approximate surface area is 394 Å². The Kier molecular flexibility index (Phi) is 41.4. The van der Waals surface area contributed by atoms with Gasteiger partial charge in [-0.2, -0.15) is 0 Å². The van der Waals surface area contributed by atoms with Crippen LogP contribution in [-0.4, -0.2) is 77.8 Å². The van der Waals surface area contributed by atoms with Gasteiger partial charge in [0.05, 0.1) is 18.3 Å². The molecule has 9 heteroatoms. The third-order valence-corrected chi connectivity index (χ3v) is 12.9. The summed E-state index contributed by atoms with van der Waals surface area (Å²) in [5.74, 6) is 0.257. The quantitative estimate of drug-likeness (QED) is 0.0440. The molecule has 0 radical (unpaired) electrons. The Morgan fingerprint density at radius 2 is 1.06 bits per heavy atom. The maximum absolute atomic E-state index is 12.9. The molecule has 3 N–H and O–H groups in total. The number of hydrogen-bond donors (Lipinski definition) is 3. The molecule has 1 heterocycles. The Bertz CT molecular complexity index is 1160.